The van der Waals surface area contributed by atoms with Gasteiger partial charge in [0.2, 0.25) is 0 Å². The van der Waals surface area contributed by atoms with Crippen LogP contribution in [-0.2, 0) is 0 Å². The summed E-state index contributed by atoms with van der Waals surface area (Å²) in [6, 6.07) is 0. The SMILES string of the molecule is CC(C)C(C)(C)CNCC1CCC1. The lowest BCUT2D eigenvalue weighted by molar-refractivity contribution is 0.219. The summed E-state index contributed by atoms with van der Waals surface area (Å²) in [5.41, 5.74) is 0.448. The Hall–Kier alpha value is -0.0400. The zero-order chi connectivity index (χ0) is 9.90. The van der Waals surface area contributed by atoms with Crippen molar-refractivity contribution in [2.24, 2.45) is 17.3 Å². The lowest BCUT2D eigenvalue weighted by atomic mass is 9.80. The molecule has 0 amide bonds. The van der Waals surface area contributed by atoms with Crippen LogP contribution in [0, 0.1) is 17.3 Å². The third-order valence-corrected chi connectivity index (χ3v) is 3.80. The predicted octanol–water partition coefficient (Wildman–Crippen LogP) is 3.06. The average Bonchev–Trinajstić information content (AvgIpc) is 1.94. The molecule has 0 atom stereocenters. The Bertz CT molecular complexity index is 145. The highest BCUT2D eigenvalue weighted by Gasteiger charge is 2.23. The van der Waals surface area contributed by atoms with E-state index in [4.69, 9.17) is 0 Å². The second-order valence-electron chi connectivity index (χ2n) is 5.57. The van der Waals surface area contributed by atoms with Gasteiger partial charge in [0.1, 0.15) is 0 Å². The van der Waals surface area contributed by atoms with Gasteiger partial charge < -0.3 is 5.32 Å². The number of hydrogen-bond acceptors (Lipinski definition) is 1. The van der Waals surface area contributed by atoms with Crippen LogP contribution in [0.4, 0.5) is 0 Å². The van der Waals surface area contributed by atoms with Gasteiger partial charge in [-0.15, -0.1) is 0 Å². The molecule has 0 bridgehead atoms. The first kappa shape index (κ1) is 11.0. The van der Waals surface area contributed by atoms with Crippen molar-refractivity contribution in [2.75, 3.05) is 13.1 Å². The van der Waals surface area contributed by atoms with Crippen molar-refractivity contribution in [1.29, 1.82) is 0 Å². The van der Waals surface area contributed by atoms with Gasteiger partial charge >= 0.3 is 0 Å². The first-order valence-electron chi connectivity index (χ1n) is 5.73. The molecule has 1 heteroatoms. The fourth-order valence-electron chi connectivity index (χ4n) is 1.50. The van der Waals surface area contributed by atoms with E-state index in [-0.39, 0.29) is 0 Å². The minimum Gasteiger partial charge on any atom is -0.316 e. The summed E-state index contributed by atoms with van der Waals surface area (Å²) in [5.74, 6) is 1.75. The van der Waals surface area contributed by atoms with Gasteiger partial charge in [-0.1, -0.05) is 34.1 Å². The molecule has 0 aliphatic heterocycles. The molecule has 1 saturated carbocycles. The molecular weight excluding hydrogens is 158 g/mol. The molecular formula is C12H25N. The smallest absolute Gasteiger partial charge is 0.000508 e. The fourth-order valence-corrected chi connectivity index (χ4v) is 1.50. The molecule has 78 valence electrons. The number of rotatable bonds is 5. The summed E-state index contributed by atoms with van der Waals surface area (Å²) in [6.07, 6.45) is 4.37. The predicted molar refractivity (Wildman–Crippen MR) is 58.8 cm³/mol. The second kappa shape index (κ2) is 4.45. The Morgan fingerprint density at radius 1 is 1.31 bits per heavy atom. The molecule has 0 unspecified atom stereocenters. The van der Waals surface area contributed by atoms with Gasteiger partial charge in [0.15, 0.2) is 0 Å². The standard InChI is InChI=1S/C12H25N/c1-10(2)12(3,4)9-13-8-11-6-5-7-11/h10-11,13H,5-9H2,1-4H3. The molecule has 13 heavy (non-hydrogen) atoms. The van der Waals surface area contributed by atoms with Crippen molar-refractivity contribution in [2.45, 2.75) is 47.0 Å². The van der Waals surface area contributed by atoms with Crippen molar-refractivity contribution in [3.63, 3.8) is 0 Å². The highest BCUT2D eigenvalue weighted by molar-refractivity contribution is 4.77. The molecule has 1 nitrogen and oxygen atoms in total. The van der Waals surface area contributed by atoms with Gasteiger partial charge in [-0.2, -0.15) is 0 Å². The molecule has 1 rings (SSSR count). The summed E-state index contributed by atoms with van der Waals surface area (Å²) < 4.78 is 0. The summed E-state index contributed by atoms with van der Waals surface area (Å²) in [7, 11) is 0. The average molecular weight is 183 g/mol. The van der Waals surface area contributed by atoms with Crippen LogP contribution in [0.15, 0.2) is 0 Å². The maximum absolute atomic E-state index is 3.61. The molecule has 0 aromatic heterocycles. The molecule has 0 saturated heterocycles. The third-order valence-electron chi connectivity index (χ3n) is 3.80. The van der Waals surface area contributed by atoms with E-state index in [1.807, 2.05) is 0 Å². The Morgan fingerprint density at radius 3 is 2.31 bits per heavy atom. The normalized spacial score (nSPS) is 19.2. The van der Waals surface area contributed by atoms with Gasteiger partial charge in [0.25, 0.3) is 0 Å². The fraction of sp³-hybridized carbons (Fsp3) is 1.00. The van der Waals surface area contributed by atoms with Crippen LogP contribution >= 0.6 is 0 Å². The molecule has 0 aromatic rings. The quantitative estimate of drug-likeness (QED) is 0.691. The first-order valence-corrected chi connectivity index (χ1v) is 5.73. The van der Waals surface area contributed by atoms with Crippen LogP contribution in [0.5, 0.6) is 0 Å². The highest BCUT2D eigenvalue weighted by atomic mass is 14.9. The minimum absolute atomic E-state index is 0.448. The van der Waals surface area contributed by atoms with Crippen molar-refractivity contribution in [1.82, 2.24) is 5.32 Å². The summed E-state index contributed by atoms with van der Waals surface area (Å²) in [4.78, 5) is 0. The zero-order valence-electron chi connectivity index (χ0n) is 9.69. The zero-order valence-corrected chi connectivity index (χ0v) is 9.69. The molecule has 0 spiro atoms. The lowest BCUT2D eigenvalue weighted by Crippen LogP contribution is -2.37. The van der Waals surface area contributed by atoms with Crippen molar-refractivity contribution < 1.29 is 0 Å². The Labute approximate surface area is 83.3 Å². The maximum Gasteiger partial charge on any atom is 0.000508 e. The van der Waals surface area contributed by atoms with Crippen molar-refractivity contribution in [3.8, 4) is 0 Å². The number of hydrogen-bond donors (Lipinski definition) is 1. The summed E-state index contributed by atoms with van der Waals surface area (Å²) in [6.45, 7) is 11.7. The maximum atomic E-state index is 3.61. The van der Waals surface area contributed by atoms with Crippen LogP contribution < -0.4 is 5.32 Å². The van der Waals surface area contributed by atoms with Crippen LogP contribution in [0.3, 0.4) is 0 Å². The minimum atomic E-state index is 0.448. The molecule has 0 aromatic carbocycles. The molecule has 1 N–H and O–H groups in total. The van der Waals surface area contributed by atoms with Crippen LogP contribution in [0.1, 0.15) is 47.0 Å². The molecule has 1 aliphatic rings. The molecule has 0 heterocycles. The van der Waals surface area contributed by atoms with E-state index in [0.29, 0.717) is 5.41 Å². The third kappa shape index (κ3) is 3.30. The lowest BCUT2D eigenvalue weighted by Gasteiger charge is -2.32. The van der Waals surface area contributed by atoms with Gasteiger partial charge in [-0.05, 0) is 36.6 Å². The monoisotopic (exact) mass is 183 g/mol. The van der Waals surface area contributed by atoms with Crippen molar-refractivity contribution in [3.05, 3.63) is 0 Å². The van der Waals surface area contributed by atoms with Gasteiger partial charge in [-0.3, -0.25) is 0 Å². The summed E-state index contributed by atoms with van der Waals surface area (Å²) >= 11 is 0. The van der Waals surface area contributed by atoms with Crippen LogP contribution in [0.2, 0.25) is 0 Å². The van der Waals surface area contributed by atoms with Gasteiger partial charge in [0, 0.05) is 6.54 Å². The second-order valence-corrected chi connectivity index (χ2v) is 5.57. The first-order chi connectivity index (χ1) is 6.02. The summed E-state index contributed by atoms with van der Waals surface area (Å²) in [5, 5.41) is 3.61. The van der Waals surface area contributed by atoms with E-state index in [0.717, 1.165) is 11.8 Å². The largest absolute Gasteiger partial charge is 0.316 e. The van der Waals surface area contributed by atoms with E-state index in [2.05, 4.69) is 33.0 Å². The van der Waals surface area contributed by atoms with Crippen LogP contribution in [0.25, 0.3) is 0 Å². The van der Waals surface area contributed by atoms with Gasteiger partial charge in [0.05, 0.1) is 0 Å². The number of nitrogens with one attached hydrogen (secondary N) is 1. The molecule has 1 fully saturated rings. The van der Waals surface area contributed by atoms with Gasteiger partial charge in [-0.25, -0.2) is 0 Å². The molecule has 0 radical (unpaired) electrons. The van der Waals surface area contributed by atoms with E-state index in [9.17, 15) is 0 Å². The van der Waals surface area contributed by atoms with E-state index < -0.39 is 0 Å². The van der Waals surface area contributed by atoms with E-state index >= 15 is 0 Å². The van der Waals surface area contributed by atoms with Crippen molar-refractivity contribution >= 4 is 0 Å². The topological polar surface area (TPSA) is 12.0 Å². The molecule has 1 aliphatic carbocycles. The van der Waals surface area contributed by atoms with Crippen LogP contribution in [-0.4, -0.2) is 13.1 Å². The Kier molecular flexibility index (Phi) is 3.78. The Morgan fingerprint density at radius 2 is 1.92 bits per heavy atom. The highest BCUT2D eigenvalue weighted by Crippen LogP contribution is 2.27. The Balaban J connectivity index is 2.09. The van der Waals surface area contributed by atoms with E-state index in [1.165, 1.54) is 32.4 Å². The van der Waals surface area contributed by atoms with E-state index in [1.54, 1.807) is 0 Å².